The van der Waals surface area contributed by atoms with Crippen LogP contribution < -0.4 is 0 Å². The third-order valence-corrected chi connectivity index (χ3v) is 5.95. The van der Waals surface area contributed by atoms with E-state index in [2.05, 4.69) is 0 Å². The topological polar surface area (TPSA) is 37.4 Å². The number of hydrogen-bond acceptors (Lipinski definition) is 2. The molecular formula is C17H14F7NO2S. The second-order valence-corrected chi connectivity index (χ2v) is 8.08. The van der Waals surface area contributed by atoms with Crippen molar-refractivity contribution < 1.29 is 39.2 Å². The molecule has 0 saturated carbocycles. The average molecular weight is 429 g/mol. The first kappa shape index (κ1) is 22.2. The van der Waals surface area contributed by atoms with Crippen molar-refractivity contribution in [1.82, 2.24) is 4.31 Å². The second kappa shape index (κ2) is 7.70. The molecule has 0 radical (unpaired) electrons. The largest absolute Gasteiger partial charge is 0.249 e. The van der Waals surface area contributed by atoms with Gasteiger partial charge in [-0.25, -0.2) is 39.2 Å². The van der Waals surface area contributed by atoms with Crippen LogP contribution in [0, 0.1) is 47.6 Å². The molecule has 0 aromatic heterocycles. The zero-order valence-corrected chi connectivity index (χ0v) is 15.6. The van der Waals surface area contributed by atoms with Gasteiger partial charge in [-0.05, 0) is 38.5 Å². The molecule has 0 bridgehead atoms. The van der Waals surface area contributed by atoms with Crippen LogP contribution in [0.5, 0.6) is 0 Å². The lowest BCUT2D eigenvalue weighted by Crippen LogP contribution is -2.38. The zero-order valence-electron chi connectivity index (χ0n) is 14.8. The lowest BCUT2D eigenvalue weighted by atomic mass is 10.1. The van der Waals surface area contributed by atoms with Crippen molar-refractivity contribution in [3.05, 3.63) is 64.0 Å². The minimum Gasteiger partial charge on any atom is -0.207 e. The number of rotatable bonds is 5. The third kappa shape index (κ3) is 3.72. The summed E-state index contributed by atoms with van der Waals surface area (Å²) in [4.78, 5) is -2.09. The molecule has 2 rings (SSSR count). The van der Waals surface area contributed by atoms with Gasteiger partial charge < -0.3 is 0 Å². The molecule has 0 aliphatic heterocycles. The van der Waals surface area contributed by atoms with Crippen molar-refractivity contribution in [2.45, 2.75) is 38.3 Å². The van der Waals surface area contributed by atoms with E-state index in [0.717, 1.165) is 12.1 Å². The van der Waals surface area contributed by atoms with Gasteiger partial charge in [0.2, 0.25) is 15.8 Å². The van der Waals surface area contributed by atoms with Gasteiger partial charge in [0.15, 0.2) is 28.2 Å². The van der Waals surface area contributed by atoms with Gasteiger partial charge in [0.1, 0.15) is 11.6 Å². The van der Waals surface area contributed by atoms with Gasteiger partial charge in [-0.15, -0.1) is 0 Å². The van der Waals surface area contributed by atoms with Crippen LogP contribution in [0.3, 0.4) is 0 Å². The first-order valence-electron chi connectivity index (χ1n) is 7.78. The molecular weight excluding hydrogens is 415 g/mol. The Morgan fingerprint density at radius 3 is 1.61 bits per heavy atom. The summed E-state index contributed by atoms with van der Waals surface area (Å²) in [5.74, 6) is -14.8. The Kier molecular flexibility index (Phi) is 6.10. The highest BCUT2D eigenvalue weighted by atomic mass is 32.2. The normalized spacial score (nSPS) is 12.3. The van der Waals surface area contributed by atoms with Gasteiger partial charge >= 0.3 is 0 Å². The van der Waals surface area contributed by atoms with E-state index in [-0.39, 0.29) is 9.87 Å². The molecule has 0 atom stereocenters. The van der Waals surface area contributed by atoms with Gasteiger partial charge in [0, 0.05) is 18.2 Å². The molecule has 0 amide bonds. The molecule has 0 fully saturated rings. The third-order valence-electron chi connectivity index (χ3n) is 3.91. The number of aryl methyl sites for hydroxylation is 1. The summed E-state index contributed by atoms with van der Waals surface area (Å²) >= 11 is 0. The SMILES string of the molecule is Cc1cc(F)c(CN(C(C)C)S(=O)(=O)c2c(F)c(F)c(F)c(F)c2F)c(F)c1. The lowest BCUT2D eigenvalue weighted by Gasteiger charge is -2.27. The molecule has 0 aliphatic rings. The summed E-state index contributed by atoms with van der Waals surface area (Å²) in [7, 11) is -5.36. The van der Waals surface area contributed by atoms with Crippen molar-refractivity contribution in [2.75, 3.05) is 0 Å². The second-order valence-electron chi connectivity index (χ2n) is 6.25. The van der Waals surface area contributed by atoms with E-state index in [1.54, 1.807) is 0 Å². The number of sulfonamides is 1. The van der Waals surface area contributed by atoms with Gasteiger partial charge in [-0.2, -0.15) is 4.31 Å². The Balaban J connectivity index is 2.69. The highest BCUT2D eigenvalue weighted by molar-refractivity contribution is 7.89. The van der Waals surface area contributed by atoms with E-state index in [1.165, 1.54) is 20.8 Å². The predicted octanol–water partition coefficient (Wildman–Crippen LogP) is 4.57. The highest BCUT2D eigenvalue weighted by Crippen LogP contribution is 2.31. The van der Waals surface area contributed by atoms with Crippen LogP contribution >= 0.6 is 0 Å². The summed E-state index contributed by atoms with van der Waals surface area (Å²) in [6, 6.07) is 0.671. The van der Waals surface area contributed by atoms with Crippen molar-refractivity contribution in [1.29, 1.82) is 0 Å². The minimum absolute atomic E-state index is 0.192. The molecule has 3 nitrogen and oxygen atoms in total. The molecule has 0 unspecified atom stereocenters. The van der Waals surface area contributed by atoms with Crippen molar-refractivity contribution in [3.63, 3.8) is 0 Å². The van der Waals surface area contributed by atoms with Crippen molar-refractivity contribution >= 4 is 10.0 Å². The van der Waals surface area contributed by atoms with Crippen LogP contribution in [0.1, 0.15) is 25.0 Å². The summed E-state index contributed by atoms with van der Waals surface area (Å²) in [5, 5.41) is 0. The van der Waals surface area contributed by atoms with E-state index < -0.39 is 73.8 Å². The fourth-order valence-corrected chi connectivity index (χ4v) is 4.23. The first-order valence-corrected chi connectivity index (χ1v) is 9.22. The average Bonchev–Trinajstić information content (AvgIpc) is 2.56. The standard InChI is InChI=1S/C17H14F7NO2S/c1-7(2)25(6-9-10(18)4-8(3)5-11(9)19)28(26,27)17-15(23)13(21)12(20)14(22)16(17)24/h4-5,7H,6H2,1-3H3. The monoisotopic (exact) mass is 429 g/mol. The Morgan fingerprint density at radius 1 is 0.821 bits per heavy atom. The Hall–Kier alpha value is -2.14. The maximum Gasteiger partial charge on any atom is 0.249 e. The smallest absolute Gasteiger partial charge is 0.207 e. The summed E-state index contributed by atoms with van der Waals surface area (Å²) < 4.78 is 122. The number of nitrogens with zero attached hydrogens (tertiary/aromatic N) is 1. The fraction of sp³-hybridized carbons (Fsp3) is 0.294. The van der Waals surface area contributed by atoms with Gasteiger partial charge in [-0.1, -0.05) is 0 Å². The molecule has 0 aliphatic carbocycles. The molecule has 28 heavy (non-hydrogen) atoms. The Bertz CT molecular complexity index is 986. The van der Waals surface area contributed by atoms with Gasteiger partial charge in [0.25, 0.3) is 0 Å². The predicted molar refractivity (Wildman–Crippen MR) is 85.2 cm³/mol. The van der Waals surface area contributed by atoms with Crippen LogP contribution in [-0.4, -0.2) is 18.8 Å². The summed E-state index contributed by atoms with van der Waals surface area (Å²) in [6.45, 7) is 2.75. The maximum absolute atomic E-state index is 14.1. The number of halogens is 7. The van der Waals surface area contributed by atoms with E-state index in [0.29, 0.717) is 0 Å². The van der Waals surface area contributed by atoms with E-state index >= 15 is 0 Å². The van der Waals surface area contributed by atoms with Crippen molar-refractivity contribution in [3.8, 4) is 0 Å². The molecule has 154 valence electrons. The molecule has 2 aromatic carbocycles. The molecule has 0 heterocycles. The van der Waals surface area contributed by atoms with E-state index in [9.17, 15) is 39.2 Å². The minimum atomic E-state index is -5.36. The molecule has 0 saturated heterocycles. The first-order chi connectivity index (χ1) is 12.8. The summed E-state index contributed by atoms with van der Waals surface area (Å²) in [6.07, 6.45) is 0. The molecule has 0 N–H and O–H groups in total. The van der Waals surface area contributed by atoms with E-state index in [4.69, 9.17) is 0 Å². The number of hydrogen-bond donors (Lipinski definition) is 0. The number of benzene rings is 2. The molecule has 11 heteroatoms. The van der Waals surface area contributed by atoms with E-state index in [1.807, 2.05) is 0 Å². The van der Waals surface area contributed by atoms with Crippen molar-refractivity contribution in [2.24, 2.45) is 0 Å². The molecule has 0 spiro atoms. The van der Waals surface area contributed by atoms with Crippen LogP contribution in [0.4, 0.5) is 30.7 Å². The van der Waals surface area contributed by atoms with Crippen LogP contribution in [0.15, 0.2) is 17.0 Å². The zero-order chi connectivity index (χ0) is 21.5. The van der Waals surface area contributed by atoms with Crippen LogP contribution in [0.25, 0.3) is 0 Å². The van der Waals surface area contributed by atoms with Crippen LogP contribution in [0.2, 0.25) is 0 Å². The lowest BCUT2D eigenvalue weighted by molar-refractivity contribution is 0.322. The van der Waals surface area contributed by atoms with Gasteiger partial charge in [-0.3, -0.25) is 0 Å². The van der Waals surface area contributed by atoms with Gasteiger partial charge in [0.05, 0.1) is 0 Å². The Morgan fingerprint density at radius 2 is 1.21 bits per heavy atom. The Labute approximate surface area is 156 Å². The quantitative estimate of drug-likeness (QED) is 0.397. The maximum atomic E-state index is 14.1. The van der Waals surface area contributed by atoms with Crippen LogP contribution in [-0.2, 0) is 16.6 Å². The fourth-order valence-electron chi connectivity index (χ4n) is 2.51. The highest BCUT2D eigenvalue weighted by Gasteiger charge is 2.38. The molecule has 2 aromatic rings. The summed E-state index contributed by atoms with van der Waals surface area (Å²) in [5.41, 5.74) is -0.552.